The molecule has 0 unspecified atom stereocenters. The Morgan fingerprint density at radius 2 is 2.17 bits per heavy atom. The minimum atomic E-state index is 0.124. The number of rotatable bonds is 1. The normalized spacial score (nSPS) is 22.6. The molecule has 2 aliphatic heterocycles. The minimum Gasteiger partial charge on any atom is -0.385 e. The van der Waals surface area contributed by atoms with Crippen molar-refractivity contribution < 1.29 is 4.79 Å². The van der Waals surface area contributed by atoms with Gasteiger partial charge in [-0.05, 0) is 42.0 Å². The molecule has 1 atom stereocenters. The number of carbonyl (C=O) groups excluding carboxylic acids is 1. The number of fused-ring (bicyclic) bond motifs is 1. The lowest BCUT2D eigenvalue weighted by atomic mass is 9.96. The number of amides is 1. The quantitative estimate of drug-likeness (QED) is 0.794. The number of hydrogen-bond acceptors (Lipinski definition) is 2. The average Bonchev–Trinajstić information content (AvgIpc) is 2.39. The van der Waals surface area contributed by atoms with Crippen LogP contribution in [-0.4, -0.2) is 12.5 Å². The van der Waals surface area contributed by atoms with Gasteiger partial charge < -0.3 is 10.6 Å². The van der Waals surface area contributed by atoms with Crippen LogP contribution in [0.1, 0.15) is 30.9 Å². The number of benzene rings is 1. The molecule has 0 saturated heterocycles. The second kappa shape index (κ2) is 4.48. The second-order valence-corrected chi connectivity index (χ2v) is 5.26. The van der Waals surface area contributed by atoms with E-state index in [1.54, 1.807) is 0 Å². The van der Waals surface area contributed by atoms with E-state index in [1.165, 1.54) is 16.8 Å². The number of allylic oxidation sites excluding steroid dienone is 1. The predicted octanol–water partition coefficient (Wildman–Crippen LogP) is 2.54. The Hall–Kier alpha value is -1.77. The van der Waals surface area contributed by atoms with Crippen LogP contribution in [0, 0.1) is 5.92 Å². The first-order valence-corrected chi connectivity index (χ1v) is 6.59. The van der Waals surface area contributed by atoms with Gasteiger partial charge in [0, 0.05) is 24.4 Å². The topological polar surface area (TPSA) is 41.1 Å². The molecule has 0 aliphatic carbocycles. The van der Waals surface area contributed by atoms with Crippen LogP contribution in [0.25, 0.3) is 5.70 Å². The SMILES string of the molecule is C[C@H]1CC=C(c2ccc3c(c2)CCC(=O)N3)NC1. The van der Waals surface area contributed by atoms with E-state index in [2.05, 4.69) is 35.8 Å². The van der Waals surface area contributed by atoms with Crippen molar-refractivity contribution in [3.63, 3.8) is 0 Å². The molecule has 0 spiro atoms. The van der Waals surface area contributed by atoms with Gasteiger partial charge in [-0.15, -0.1) is 0 Å². The third kappa shape index (κ3) is 2.13. The van der Waals surface area contributed by atoms with Crippen LogP contribution >= 0.6 is 0 Å². The molecular formula is C15H18N2O. The van der Waals surface area contributed by atoms with Crippen LogP contribution < -0.4 is 10.6 Å². The van der Waals surface area contributed by atoms with Gasteiger partial charge in [0.25, 0.3) is 0 Å². The van der Waals surface area contributed by atoms with Crippen molar-refractivity contribution >= 4 is 17.3 Å². The van der Waals surface area contributed by atoms with Gasteiger partial charge >= 0.3 is 0 Å². The second-order valence-electron chi connectivity index (χ2n) is 5.26. The van der Waals surface area contributed by atoms with E-state index in [-0.39, 0.29) is 5.91 Å². The van der Waals surface area contributed by atoms with Gasteiger partial charge in [0.05, 0.1) is 0 Å². The van der Waals surface area contributed by atoms with Gasteiger partial charge in [0.1, 0.15) is 0 Å². The summed E-state index contributed by atoms with van der Waals surface area (Å²) in [5.41, 5.74) is 4.68. The molecule has 0 radical (unpaired) electrons. The van der Waals surface area contributed by atoms with E-state index in [9.17, 15) is 4.79 Å². The molecular weight excluding hydrogens is 224 g/mol. The predicted molar refractivity (Wildman–Crippen MR) is 73.2 cm³/mol. The highest BCUT2D eigenvalue weighted by molar-refractivity contribution is 5.94. The van der Waals surface area contributed by atoms with Crippen LogP contribution in [-0.2, 0) is 11.2 Å². The van der Waals surface area contributed by atoms with Gasteiger partial charge in [-0.25, -0.2) is 0 Å². The summed E-state index contributed by atoms with van der Waals surface area (Å²) in [6, 6.07) is 6.30. The van der Waals surface area contributed by atoms with Gasteiger partial charge in [-0.2, -0.15) is 0 Å². The van der Waals surface area contributed by atoms with E-state index in [1.807, 2.05) is 6.07 Å². The highest BCUT2D eigenvalue weighted by Crippen LogP contribution is 2.27. The Kier molecular flexibility index (Phi) is 2.82. The fourth-order valence-electron chi connectivity index (χ4n) is 2.53. The average molecular weight is 242 g/mol. The largest absolute Gasteiger partial charge is 0.385 e. The summed E-state index contributed by atoms with van der Waals surface area (Å²) in [6.07, 6.45) is 4.85. The summed E-state index contributed by atoms with van der Waals surface area (Å²) in [5, 5.41) is 6.39. The minimum absolute atomic E-state index is 0.124. The number of carbonyl (C=O) groups is 1. The fourth-order valence-corrected chi connectivity index (χ4v) is 2.53. The smallest absolute Gasteiger partial charge is 0.224 e. The maximum atomic E-state index is 11.3. The Morgan fingerprint density at radius 3 is 2.94 bits per heavy atom. The number of anilines is 1. The van der Waals surface area contributed by atoms with E-state index < -0.39 is 0 Å². The molecule has 0 bridgehead atoms. The van der Waals surface area contributed by atoms with Gasteiger partial charge in [-0.1, -0.05) is 19.1 Å². The first kappa shape index (κ1) is 11.3. The fraction of sp³-hybridized carbons (Fsp3) is 0.400. The molecule has 0 saturated carbocycles. The first-order valence-electron chi connectivity index (χ1n) is 6.59. The molecule has 1 aromatic rings. The maximum Gasteiger partial charge on any atom is 0.224 e. The molecule has 1 aromatic carbocycles. The van der Waals surface area contributed by atoms with Crippen molar-refractivity contribution in [3.8, 4) is 0 Å². The summed E-state index contributed by atoms with van der Waals surface area (Å²) in [4.78, 5) is 11.3. The van der Waals surface area contributed by atoms with Crippen molar-refractivity contribution in [1.82, 2.24) is 5.32 Å². The van der Waals surface area contributed by atoms with Gasteiger partial charge in [-0.3, -0.25) is 4.79 Å². The highest BCUT2D eigenvalue weighted by atomic mass is 16.1. The molecule has 0 aromatic heterocycles. The van der Waals surface area contributed by atoms with Crippen molar-refractivity contribution in [2.45, 2.75) is 26.2 Å². The van der Waals surface area contributed by atoms with E-state index in [0.717, 1.165) is 25.1 Å². The number of aryl methyl sites for hydroxylation is 1. The standard InChI is InChI=1S/C15H18N2O/c1-10-2-5-13(16-9-10)11-3-6-14-12(8-11)4-7-15(18)17-14/h3,5-6,8,10,16H,2,4,7,9H2,1H3,(H,17,18)/t10-/m0/s1. The van der Waals surface area contributed by atoms with Crippen LogP contribution in [0.3, 0.4) is 0 Å². The van der Waals surface area contributed by atoms with E-state index in [0.29, 0.717) is 12.3 Å². The monoisotopic (exact) mass is 242 g/mol. The molecule has 0 fully saturated rings. The Balaban J connectivity index is 1.88. The Labute approximate surface area is 107 Å². The summed E-state index contributed by atoms with van der Waals surface area (Å²) in [7, 11) is 0. The molecule has 2 heterocycles. The lowest BCUT2D eigenvalue weighted by Gasteiger charge is -2.23. The van der Waals surface area contributed by atoms with Crippen LogP contribution in [0.4, 0.5) is 5.69 Å². The zero-order chi connectivity index (χ0) is 12.5. The molecule has 3 heteroatoms. The Morgan fingerprint density at radius 1 is 1.28 bits per heavy atom. The van der Waals surface area contributed by atoms with Crippen molar-refractivity contribution in [3.05, 3.63) is 35.4 Å². The third-order valence-corrected chi connectivity index (χ3v) is 3.68. The van der Waals surface area contributed by atoms with Gasteiger partial charge in [0.2, 0.25) is 5.91 Å². The van der Waals surface area contributed by atoms with Crippen molar-refractivity contribution in [1.29, 1.82) is 0 Å². The van der Waals surface area contributed by atoms with Crippen molar-refractivity contribution in [2.75, 3.05) is 11.9 Å². The summed E-state index contributed by atoms with van der Waals surface area (Å²) in [6.45, 7) is 3.29. The summed E-state index contributed by atoms with van der Waals surface area (Å²) < 4.78 is 0. The lowest BCUT2D eigenvalue weighted by molar-refractivity contribution is -0.116. The number of nitrogens with one attached hydrogen (secondary N) is 2. The van der Waals surface area contributed by atoms with Crippen molar-refractivity contribution in [2.24, 2.45) is 5.92 Å². The molecule has 1 amide bonds. The molecule has 18 heavy (non-hydrogen) atoms. The van der Waals surface area contributed by atoms with Crippen LogP contribution in [0.2, 0.25) is 0 Å². The zero-order valence-electron chi connectivity index (χ0n) is 10.6. The molecule has 3 nitrogen and oxygen atoms in total. The van der Waals surface area contributed by atoms with Gasteiger partial charge in [0.15, 0.2) is 0 Å². The van der Waals surface area contributed by atoms with E-state index in [4.69, 9.17) is 0 Å². The number of hydrogen-bond donors (Lipinski definition) is 2. The molecule has 94 valence electrons. The summed E-state index contributed by atoms with van der Waals surface area (Å²) >= 11 is 0. The van der Waals surface area contributed by atoms with E-state index >= 15 is 0 Å². The van der Waals surface area contributed by atoms with Crippen LogP contribution in [0.5, 0.6) is 0 Å². The maximum absolute atomic E-state index is 11.3. The first-order chi connectivity index (χ1) is 8.72. The molecule has 3 rings (SSSR count). The molecule has 2 aliphatic rings. The van der Waals surface area contributed by atoms with Crippen LogP contribution in [0.15, 0.2) is 24.3 Å². The highest BCUT2D eigenvalue weighted by Gasteiger charge is 2.16. The third-order valence-electron chi connectivity index (χ3n) is 3.68. The Bertz CT molecular complexity index is 519. The summed E-state index contributed by atoms with van der Waals surface area (Å²) in [5.74, 6) is 0.838. The zero-order valence-corrected chi connectivity index (χ0v) is 10.6. The lowest BCUT2D eigenvalue weighted by Crippen LogP contribution is -2.24. The molecule has 2 N–H and O–H groups in total.